The molecule has 0 aliphatic carbocycles. The molecule has 2 amide bonds. The number of benzene rings is 2. The lowest BCUT2D eigenvalue weighted by molar-refractivity contribution is 0.242. The smallest absolute Gasteiger partial charge is 0.319 e. The van der Waals surface area contributed by atoms with Gasteiger partial charge >= 0.3 is 6.03 Å². The average Bonchev–Trinajstić information content (AvgIpc) is 2.47. The normalized spacial score (nSPS) is 11.0. The van der Waals surface area contributed by atoms with Crippen molar-refractivity contribution in [3.63, 3.8) is 0 Å². The number of rotatable bonds is 5. The third-order valence-electron chi connectivity index (χ3n) is 3.51. The monoisotopic (exact) mass is 327 g/mol. The van der Waals surface area contributed by atoms with Crippen LogP contribution in [0.15, 0.2) is 42.5 Å². The molecule has 0 atom stereocenters. The predicted octanol–water partition coefficient (Wildman–Crippen LogP) is 3.95. The Labute approximate surface area is 143 Å². The van der Waals surface area contributed by atoms with Crippen molar-refractivity contribution in [3.8, 4) is 11.5 Å². The number of nitrogens with one attached hydrogen (secondary N) is 2. The van der Waals surface area contributed by atoms with E-state index in [1.165, 1.54) is 0 Å². The molecule has 0 aliphatic rings. The second-order valence-corrected chi connectivity index (χ2v) is 6.62. The number of carbonyl (C=O) groups is 1. The Balaban J connectivity index is 1.99. The fourth-order valence-electron chi connectivity index (χ4n) is 2.25. The highest BCUT2D eigenvalue weighted by Crippen LogP contribution is 2.25. The van der Waals surface area contributed by atoms with E-state index in [1.54, 1.807) is 12.1 Å². The van der Waals surface area contributed by atoms with Crippen LogP contribution in [0.3, 0.4) is 0 Å². The van der Waals surface area contributed by atoms with E-state index in [4.69, 9.17) is 10.5 Å². The third kappa shape index (κ3) is 5.28. The molecule has 2 aromatic carbocycles. The van der Waals surface area contributed by atoms with Crippen LogP contribution in [0.25, 0.3) is 0 Å². The lowest BCUT2D eigenvalue weighted by Gasteiger charge is -2.24. The Bertz CT molecular complexity index is 689. The summed E-state index contributed by atoms with van der Waals surface area (Å²) in [7, 11) is 0. The molecule has 5 nitrogen and oxygen atoms in total. The largest absolute Gasteiger partial charge is 0.457 e. The topological polar surface area (TPSA) is 76.4 Å². The zero-order chi connectivity index (χ0) is 17.7. The fourth-order valence-corrected chi connectivity index (χ4v) is 2.25. The number of ether oxygens (including phenoxy) is 1. The molecule has 0 aromatic heterocycles. The number of nitrogens with two attached hydrogens (primary N) is 1. The second-order valence-electron chi connectivity index (χ2n) is 6.62. The summed E-state index contributed by atoms with van der Waals surface area (Å²) in [6, 6.07) is 13.0. The van der Waals surface area contributed by atoms with Crippen LogP contribution < -0.4 is 21.1 Å². The first-order chi connectivity index (χ1) is 11.3. The van der Waals surface area contributed by atoms with Crippen molar-refractivity contribution >= 4 is 11.7 Å². The van der Waals surface area contributed by atoms with Crippen LogP contribution in [0, 0.1) is 13.8 Å². The molecule has 0 radical (unpaired) electrons. The first-order valence-corrected chi connectivity index (χ1v) is 7.93. The molecule has 0 saturated carbocycles. The fraction of sp³-hybridized carbons (Fsp3) is 0.316. The maximum atomic E-state index is 11.9. The summed E-state index contributed by atoms with van der Waals surface area (Å²) < 4.78 is 5.85. The third-order valence-corrected chi connectivity index (χ3v) is 3.51. The zero-order valence-corrected chi connectivity index (χ0v) is 14.6. The van der Waals surface area contributed by atoms with E-state index in [1.807, 2.05) is 52.0 Å². The van der Waals surface area contributed by atoms with E-state index < -0.39 is 5.54 Å². The minimum Gasteiger partial charge on any atom is -0.457 e. The van der Waals surface area contributed by atoms with Crippen LogP contribution in [-0.2, 0) is 0 Å². The summed E-state index contributed by atoms with van der Waals surface area (Å²) >= 11 is 0. The van der Waals surface area contributed by atoms with Gasteiger partial charge in [0.25, 0.3) is 0 Å². The van der Waals surface area contributed by atoms with Gasteiger partial charge in [0, 0.05) is 17.8 Å². The molecule has 0 aliphatic heterocycles. The van der Waals surface area contributed by atoms with Crippen molar-refractivity contribution in [1.29, 1.82) is 0 Å². The van der Waals surface area contributed by atoms with Gasteiger partial charge in [-0.05, 0) is 75.2 Å². The molecule has 0 bridgehead atoms. The van der Waals surface area contributed by atoms with Gasteiger partial charge in [0.2, 0.25) is 0 Å². The Morgan fingerprint density at radius 1 is 1.04 bits per heavy atom. The van der Waals surface area contributed by atoms with Crippen molar-refractivity contribution in [2.24, 2.45) is 5.73 Å². The molecular formula is C19H25N3O2. The maximum absolute atomic E-state index is 11.9. The first kappa shape index (κ1) is 17.8. The Morgan fingerprint density at radius 3 is 2.17 bits per heavy atom. The highest BCUT2D eigenvalue weighted by atomic mass is 16.5. The first-order valence-electron chi connectivity index (χ1n) is 7.93. The van der Waals surface area contributed by atoms with Gasteiger partial charge in [-0.1, -0.05) is 6.07 Å². The zero-order valence-electron chi connectivity index (χ0n) is 14.6. The molecule has 5 heteroatoms. The molecular weight excluding hydrogens is 302 g/mol. The highest BCUT2D eigenvalue weighted by Gasteiger charge is 2.18. The molecule has 24 heavy (non-hydrogen) atoms. The Morgan fingerprint density at radius 2 is 1.62 bits per heavy atom. The molecule has 128 valence electrons. The molecule has 2 rings (SSSR count). The molecule has 0 fully saturated rings. The van der Waals surface area contributed by atoms with E-state index >= 15 is 0 Å². The van der Waals surface area contributed by atoms with Crippen LogP contribution >= 0.6 is 0 Å². The van der Waals surface area contributed by atoms with E-state index in [-0.39, 0.29) is 6.03 Å². The standard InChI is InChI=1S/C19H25N3O2/c1-13-9-14(2)11-17(10-13)24-16-7-5-15(6-8-16)21-18(23)22-19(3,4)12-20/h5-11H,12,20H2,1-4H3,(H2,21,22,23). The summed E-state index contributed by atoms with van der Waals surface area (Å²) in [4.78, 5) is 11.9. The highest BCUT2D eigenvalue weighted by molar-refractivity contribution is 5.89. The van der Waals surface area contributed by atoms with Gasteiger partial charge < -0.3 is 21.1 Å². The number of carbonyl (C=O) groups excluding carboxylic acids is 1. The van der Waals surface area contributed by atoms with Gasteiger partial charge in [-0.15, -0.1) is 0 Å². The number of urea groups is 1. The van der Waals surface area contributed by atoms with Gasteiger partial charge in [0.1, 0.15) is 11.5 Å². The van der Waals surface area contributed by atoms with Gasteiger partial charge in [0.05, 0.1) is 0 Å². The van der Waals surface area contributed by atoms with Crippen LogP contribution in [-0.4, -0.2) is 18.1 Å². The maximum Gasteiger partial charge on any atom is 0.319 e. The van der Waals surface area contributed by atoms with E-state index in [0.29, 0.717) is 18.0 Å². The summed E-state index contributed by atoms with van der Waals surface area (Å²) in [6.45, 7) is 8.17. The summed E-state index contributed by atoms with van der Waals surface area (Å²) in [5.74, 6) is 1.52. The minimum atomic E-state index is -0.448. The minimum absolute atomic E-state index is 0.284. The van der Waals surface area contributed by atoms with Crippen molar-refractivity contribution in [2.75, 3.05) is 11.9 Å². The lowest BCUT2D eigenvalue weighted by Crippen LogP contribution is -2.50. The molecule has 0 heterocycles. The molecule has 0 saturated heterocycles. The molecule has 2 aromatic rings. The Hall–Kier alpha value is -2.53. The van der Waals surface area contributed by atoms with Crippen molar-refractivity contribution in [1.82, 2.24) is 5.32 Å². The number of anilines is 1. The number of hydrogen-bond donors (Lipinski definition) is 3. The molecule has 0 unspecified atom stereocenters. The number of amides is 2. The SMILES string of the molecule is Cc1cc(C)cc(Oc2ccc(NC(=O)NC(C)(C)CN)cc2)c1. The van der Waals surface area contributed by atoms with Crippen LogP contribution in [0.5, 0.6) is 11.5 Å². The number of hydrogen-bond acceptors (Lipinski definition) is 3. The van der Waals surface area contributed by atoms with Gasteiger partial charge in [-0.3, -0.25) is 0 Å². The quantitative estimate of drug-likeness (QED) is 0.778. The average molecular weight is 327 g/mol. The van der Waals surface area contributed by atoms with E-state index in [9.17, 15) is 4.79 Å². The van der Waals surface area contributed by atoms with Crippen LogP contribution in [0.4, 0.5) is 10.5 Å². The van der Waals surface area contributed by atoms with Crippen LogP contribution in [0.2, 0.25) is 0 Å². The van der Waals surface area contributed by atoms with E-state index in [0.717, 1.165) is 16.9 Å². The van der Waals surface area contributed by atoms with E-state index in [2.05, 4.69) is 16.7 Å². The van der Waals surface area contributed by atoms with Gasteiger partial charge in [-0.25, -0.2) is 4.79 Å². The summed E-state index contributed by atoms with van der Waals surface area (Å²) in [6.07, 6.45) is 0. The lowest BCUT2D eigenvalue weighted by atomic mass is 10.1. The second kappa shape index (κ2) is 7.36. The van der Waals surface area contributed by atoms with Gasteiger partial charge in [-0.2, -0.15) is 0 Å². The van der Waals surface area contributed by atoms with Gasteiger partial charge in [0.15, 0.2) is 0 Å². The Kier molecular flexibility index (Phi) is 5.46. The molecule has 0 spiro atoms. The summed E-state index contributed by atoms with van der Waals surface area (Å²) in [5, 5.41) is 5.60. The van der Waals surface area contributed by atoms with Crippen molar-refractivity contribution in [3.05, 3.63) is 53.6 Å². The molecule has 4 N–H and O–H groups in total. The summed E-state index contributed by atoms with van der Waals surface area (Å²) in [5.41, 5.74) is 8.15. The number of aryl methyl sites for hydroxylation is 2. The van der Waals surface area contributed by atoms with Crippen LogP contribution in [0.1, 0.15) is 25.0 Å². The van der Waals surface area contributed by atoms with Crippen molar-refractivity contribution in [2.45, 2.75) is 33.2 Å². The predicted molar refractivity (Wildman–Crippen MR) is 97.7 cm³/mol. The van der Waals surface area contributed by atoms with Crippen molar-refractivity contribution < 1.29 is 9.53 Å².